The third-order valence-electron chi connectivity index (χ3n) is 3.14. The van der Waals surface area contributed by atoms with Gasteiger partial charge in [0.25, 0.3) is 0 Å². The Kier molecular flexibility index (Phi) is 4.68. The largest absolute Gasteiger partial charge is 0.331 e. The summed E-state index contributed by atoms with van der Waals surface area (Å²) in [6.45, 7) is 5.77. The van der Waals surface area contributed by atoms with Crippen molar-refractivity contribution in [2.75, 3.05) is 6.54 Å². The van der Waals surface area contributed by atoms with Gasteiger partial charge >= 0.3 is 0 Å². The van der Waals surface area contributed by atoms with Gasteiger partial charge in [0.15, 0.2) is 0 Å². The minimum atomic E-state index is -0.128. The first-order valence-corrected chi connectivity index (χ1v) is 6.63. The van der Waals surface area contributed by atoms with Crippen molar-refractivity contribution in [1.82, 2.24) is 14.9 Å². The average Bonchev–Trinajstić information content (AvgIpc) is 2.85. The van der Waals surface area contributed by atoms with E-state index in [1.165, 1.54) is 6.07 Å². The van der Waals surface area contributed by atoms with Crippen molar-refractivity contribution in [3.8, 4) is 0 Å². The van der Waals surface area contributed by atoms with Gasteiger partial charge < -0.3 is 9.88 Å². The summed E-state index contributed by atoms with van der Waals surface area (Å²) in [4.78, 5) is 4.16. The van der Waals surface area contributed by atoms with E-state index in [4.69, 9.17) is 0 Å². The summed E-state index contributed by atoms with van der Waals surface area (Å²) in [6, 6.07) is 7.32. The van der Waals surface area contributed by atoms with Crippen LogP contribution in [0.15, 0.2) is 36.8 Å². The van der Waals surface area contributed by atoms with Gasteiger partial charge in [0.1, 0.15) is 5.82 Å². The maximum absolute atomic E-state index is 13.4. The van der Waals surface area contributed by atoms with Crippen LogP contribution in [0, 0.1) is 5.82 Å². The molecule has 0 unspecified atom stereocenters. The maximum Gasteiger partial charge on any atom is 0.126 e. The molecule has 2 rings (SSSR count). The molecule has 1 aromatic heterocycles. The molecule has 0 saturated carbocycles. The molecular formula is C15H20FN3. The molecule has 0 aliphatic carbocycles. The van der Waals surface area contributed by atoms with Gasteiger partial charge in [-0.1, -0.05) is 18.2 Å². The second kappa shape index (κ2) is 6.48. The lowest BCUT2D eigenvalue weighted by Crippen LogP contribution is -2.19. The van der Waals surface area contributed by atoms with Gasteiger partial charge in [-0.15, -0.1) is 0 Å². The smallest absolute Gasteiger partial charge is 0.126 e. The Morgan fingerprint density at radius 2 is 2.11 bits per heavy atom. The molecule has 0 saturated heterocycles. The summed E-state index contributed by atoms with van der Waals surface area (Å²) in [6.07, 6.45) is 4.41. The predicted molar refractivity (Wildman–Crippen MR) is 74.4 cm³/mol. The van der Waals surface area contributed by atoms with Crippen LogP contribution in [0.2, 0.25) is 0 Å². The lowest BCUT2D eigenvalue weighted by molar-refractivity contribution is 0.548. The van der Waals surface area contributed by atoms with Crippen LogP contribution in [0.1, 0.15) is 31.1 Å². The third kappa shape index (κ3) is 3.64. The Bertz CT molecular complexity index is 520. The fourth-order valence-electron chi connectivity index (χ4n) is 2.07. The molecule has 1 N–H and O–H groups in total. The summed E-state index contributed by atoms with van der Waals surface area (Å²) in [7, 11) is 0. The molecule has 2 aromatic rings. The lowest BCUT2D eigenvalue weighted by atomic mass is 10.1. The number of hydrogen-bond donors (Lipinski definition) is 1. The minimum absolute atomic E-state index is 0.128. The Hall–Kier alpha value is -1.68. The van der Waals surface area contributed by atoms with Crippen LogP contribution in [-0.2, 0) is 13.0 Å². The van der Waals surface area contributed by atoms with Gasteiger partial charge in [-0.25, -0.2) is 9.37 Å². The van der Waals surface area contributed by atoms with Crippen LogP contribution in [0.4, 0.5) is 4.39 Å². The number of aromatic nitrogens is 2. The van der Waals surface area contributed by atoms with Gasteiger partial charge in [-0.3, -0.25) is 0 Å². The predicted octanol–water partition coefficient (Wildman–Crippen LogP) is 2.94. The second-order valence-corrected chi connectivity index (χ2v) is 4.90. The number of halogens is 1. The van der Waals surface area contributed by atoms with Crippen LogP contribution in [0.25, 0.3) is 0 Å². The molecule has 4 heteroatoms. The first-order chi connectivity index (χ1) is 9.18. The molecule has 19 heavy (non-hydrogen) atoms. The Balaban J connectivity index is 1.81. The molecule has 0 aliphatic rings. The van der Waals surface area contributed by atoms with Crippen molar-refractivity contribution in [2.24, 2.45) is 0 Å². The molecule has 0 aliphatic heterocycles. The van der Waals surface area contributed by atoms with Crippen molar-refractivity contribution in [1.29, 1.82) is 0 Å². The normalized spacial score (nSPS) is 11.2. The van der Waals surface area contributed by atoms with Crippen molar-refractivity contribution < 1.29 is 4.39 Å². The fraction of sp³-hybridized carbons (Fsp3) is 0.400. The fourth-order valence-corrected chi connectivity index (χ4v) is 2.07. The van der Waals surface area contributed by atoms with E-state index in [2.05, 4.69) is 28.7 Å². The molecule has 0 amide bonds. The Labute approximate surface area is 113 Å². The van der Waals surface area contributed by atoms with Gasteiger partial charge in [0, 0.05) is 18.8 Å². The highest BCUT2D eigenvalue weighted by Gasteiger charge is 2.05. The van der Waals surface area contributed by atoms with Crippen LogP contribution < -0.4 is 5.32 Å². The molecule has 1 aromatic carbocycles. The van der Waals surface area contributed by atoms with Crippen LogP contribution in [-0.4, -0.2) is 16.1 Å². The van der Waals surface area contributed by atoms with E-state index < -0.39 is 0 Å². The summed E-state index contributed by atoms with van der Waals surface area (Å²) in [5.41, 5.74) is 1.91. The number of nitrogens with zero attached hydrogens (tertiary/aromatic N) is 2. The zero-order valence-corrected chi connectivity index (χ0v) is 11.4. The summed E-state index contributed by atoms with van der Waals surface area (Å²) in [5.74, 6) is -0.128. The highest BCUT2D eigenvalue weighted by Crippen LogP contribution is 2.09. The van der Waals surface area contributed by atoms with E-state index in [1.54, 1.807) is 6.07 Å². The van der Waals surface area contributed by atoms with E-state index >= 15 is 0 Å². The lowest BCUT2D eigenvalue weighted by Gasteiger charge is -2.12. The Morgan fingerprint density at radius 3 is 2.84 bits per heavy atom. The van der Waals surface area contributed by atoms with Gasteiger partial charge in [-0.2, -0.15) is 0 Å². The third-order valence-corrected chi connectivity index (χ3v) is 3.14. The van der Waals surface area contributed by atoms with E-state index in [0.717, 1.165) is 24.3 Å². The average molecular weight is 261 g/mol. The molecular weight excluding hydrogens is 241 g/mol. The monoisotopic (exact) mass is 261 g/mol. The van der Waals surface area contributed by atoms with Gasteiger partial charge in [0.05, 0.1) is 12.0 Å². The number of hydrogen-bond acceptors (Lipinski definition) is 2. The first-order valence-electron chi connectivity index (χ1n) is 6.63. The number of benzene rings is 1. The number of imidazole rings is 1. The van der Waals surface area contributed by atoms with Crippen LogP contribution in [0.3, 0.4) is 0 Å². The van der Waals surface area contributed by atoms with Crippen molar-refractivity contribution in [3.05, 3.63) is 53.9 Å². The Morgan fingerprint density at radius 1 is 1.32 bits per heavy atom. The zero-order valence-electron chi connectivity index (χ0n) is 11.4. The standard InChI is InChI=1S/C15H20FN3/c1-12(2)19-11-18-10-14(19)9-17-8-7-13-5-3-4-6-15(13)16/h3-6,10-12,17H,7-9H2,1-2H3. The van der Waals surface area contributed by atoms with Crippen LogP contribution in [0.5, 0.6) is 0 Å². The summed E-state index contributed by atoms with van der Waals surface area (Å²) < 4.78 is 15.6. The van der Waals surface area contributed by atoms with E-state index in [9.17, 15) is 4.39 Å². The van der Waals surface area contributed by atoms with E-state index in [-0.39, 0.29) is 5.82 Å². The molecule has 0 radical (unpaired) electrons. The zero-order chi connectivity index (χ0) is 13.7. The van der Waals surface area contributed by atoms with Gasteiger partial charge in [0.2, 0.25) is 0 Å². The van der Waals surface area contributed by atoms with E-state index in [0.29, 0.717) is 12.5 Å². The summed E-state index contributed by atoms with van der Waals surface area (Å²) >= 11 is 0. The molecule has 3 nitrogen and oxygen atoms in total. The van der Waals surface area contributed by atoms with Gasteiger partial charge in [-0.05, 0) is 38.4 Å². The molecule has 0 spiro atoms. The van der Waals surface area contributed by atoms with Crippen molar-refractivity contribution >= 4 is 0 Å². The number of nitrogens with one attached hydrogen (secondary N) is 1. The molecule has 0 fully saturated rings. The molecule has 0 bridgehead atoms. The first kappa shape index (κ1) is 13.7. The number of rotatable bonds is 6. The minimum Gasteiger partial charge on any atom is -0.331 e. The van der Waals surface area contributed by atoms with Crippen molar-refractivity contribution in [2.45, 2.75) is 32.9 Å². The quantitative estimate of drug-likeness (QED) is 0.810. The molecule has 1 heterocycles. The highest BCUT2D eigenvalue weighted by atomic mass is 19.1. The molecule has 102 valence electrons. The second-order valence-electron chi connectivity index (χ2n) is 4.90. The maximum atomic E-state index is 13.4. The van der Waals surface area contributed by atoms with E-state index in [1.807, 2.05) is 24.7 Å². The topological polar surface area (TPSA) is 29.9 Å². The van der Waals surface area contributed by atoms with Crippen LogP contribution >= 0.6 is 0 Å². The molecule has 0 atom stereocenters. The van der Waals surface area contributed by atoms with Crippen molar-refractivity contribution in [3.63, 3.8) is 0 Å². The highest BCUT2D eigenvalue weighted by molar-refractivity contribution is 5.17. The SMILES string of the molecule is CC(C)n1cncc1CNCCc1ccccc1F. The summed E-state index contributed by atoms with van der Waals surface area (Å²) in [5, 5.41) is 3.33.